The van der Waals surface area contributed by atoms with Gasteiger partial charge in [0.05, 0.1) is 28.5 Å². The van der Waals surface area contributed by atoms with Gasteiger partial charge in [0.15, 0.2) is 15.0 Å². The Morgan fingerprint density at radius 1 is 1.14 bits per heavy atom. The van der Waals surface area contributed by atoms with Crippen LogP contribution in [-0.2, 0) is 15.6 Å². The van der Waals surface area contributed by atoms with Crippen molar-refractivity contribution in [3.05, 3.63) is 69.8 Å². The van der Waals surface area contributed by atoms with E-state index in [0.717, 1.165) is 22.0 Å². The molecule has 2 heterocycles. The van der Waals surface area contributed by atoms with Gasteiger partial charge in [-0.3, -0.25) is 15.1 Å². The fraction of sp³-hybridized carbons (Fsp3) is 0.316. The molecule has 7 nitrogen and oxygen atoms in total. The number of aryl methyl sites for hydroxylation is 1. The standard InChI is InChI=1S/C19H19N3O4S2/c1-13-2-6-15(7-3-13)21-18-12-28(25,26)11-17(18)20-19(21)27-10-14-4-8-16(9-5-14)22(23)24/h2-9,17-18H,10-12H2,1H3/t17-,18+/m0/s1. The molecule has 146 valence electrons. The summed E-state index contributed by atoms with van der Waals surface area (Å²) in [5, 5.41) is 11.6. The first-order valence-corrected chi connectivity index (χ1v) is 11.6. The van der Waals surface area contributed by atoms with E-state index in [4.69, 9.17) is 4.99 Å². The average Bonchev–Trinajstić information content (AvgIpc) is 3.12. The Morgan fingerprint density at radius 3 is 2.46 bits per heavy atom. The Morgan fingerprint density at radius 2 is 1.82 bits per heavy atom. The van der Waals surface area contributed by atoms with Gasteiger partial charge in [0, 0.05) is 23.6 Å². The molecule has 0 aromatic heterocycles. The molecule has 2 aliphatic heterocycles. The van der Waals surface area contributed by atoms with Crippen LogP contribution in [0.15, 0.2) is 53.5 Å². The molecule has 0 radical (unpaired) electrons. The summed E-state index contributed by atoms with van der Waals surface area (Å²) in [6.07, 6.45) is 0. The third-order valence-electron chi connectivity index (χ3n) is 4.93. The summed E-state index contributed by atoms with van der Waals surface area (Å²) in [4.78, 5) is 17.1. The molecule has 0 N–H and O–H groups in total. The van der Waals surface area contributed by atoms with E-state index in [0.29, 0.717) is 5.75 Å². The first-order valence-electron chi connectivity index (χ1n) is 8.83. The van der Waals surface area contributed by atoms with E-state index >= 15 is 0 Å². The van der Waals surface area contributed by atoms with E-state index < -0.39 is 14.8 Å². The van der Waals surface area contributed by atoms with Crippen LogP contribution in [0.25, 0.3) is 0 Å². The van der Waals surface area contributed by atoms with Gasteiger partial charge in [0.25, 0.3) is 5.69 Å². The maximum atomic E-state index is 12.1. The van der Waals surface area contributed by atoms with Crippen molar-refractivity contribution in [3.8, 4) is 0 Å². The molecule has 4 rings (SSSR count). The zero-order valence-corrected chi connectivity index (χ0v) is 16.8. The van der Waals surface area contributed by atoms with Crippen LogP contribution in [0.3, 0.4) is 0 Å². The van der Waals surface area contributed by atoms with Crippen LogP contribution in [0.5, 0.6) is 0 Å². The van der Waals surface area contributed by atoms with Crippen LogP contribution in [0, 0.1) is 17.0 Å². The third kappa shape index (κ3) is 3.77. The smallest absolute Gasteiger partial charge is 0.269 e. The lowest BCUT2D eigenvalue weighted by molar-refractivity contribution is -0.384. The van der Waals surface area contributed by atoms with Gasteiger partial charge in [0.2, 0.25) is 0 Å². The van der Waals surface area contributed by atoms with Gasteiger partial charge in [0.1, 0.15) is 0 Å². The van der Waals surface area contributed by atoms with Crippen LogP contribution < -0.4 is 4.90 Å². The Hall–Kier alpha value is -2.39. The van der Waals surface area contributed by atoms with Gasteiger partial charge in [-0.15, -0.1) is 0 Å². The third-order valence-corrected chi connectivity index (χ3v) is 7.67. The summed E-state index contributed by atoms with van der Waals surface area (Å²) in [6, 6.07) is 14.0. The molecule has 0 bridgehead atoms. The Kier molecular flexibility index (Phi) is 4.88. The maximum Gasteiger partial charge on any atom is 0.269 e. The van der Waals surface area contributed by atoms with Gasteiger partial charge in [-0.2, -0.15) is 0 Å². The zero-order chi connectivity index (χ0) is 19.9. The van der Waals surface area contributed by atoms with Gasteiger partial charge >= 0.3 is 0 Å². The lowest BCUT2D eigenvalue weighted by Gasteiger charge is -2.26. The lowest BCUT2D eigenvalue weighted by Crippen LogP contribution is -2.39. The molecule has 2 aromatic carbocycles. The van der Waals surface area contributed by atoms with Gasteiger partial charge < -0.3 is 4.90 Å². The van der Waals surface area contributed by atoms with Gasteiger partial charge in [-0.1, -0.05) is 41.6 Å². The Bertz CT molecular complexity index is 1030. The summed E-state index contributed by atoms with van der Waals surface area (Å²) in [5.74, 6) is 0.795. The Balaban J connectivity index is 1.57. The number of rotatable bonds is 4. The quantitative estimate of drug-likeness (QED) is 0.560. The van der Waals surface area contributed by atoms with Gasteiger partial charge in [-0.25, -0.2) is 8.42 Å². The van der Waals surface area contributed by atoms with Crippen LogP contribution in [0.4, 0.5) is 11.4 Å². The lowest BCUT2D eigenvalue weighted by atomic mass is 10.1. The monoisotopic (exact) mass is 417 g/mol. The van der Waals surface area contributed by atoms with E-state index in [9.17, 15) is 18.5 Å². The Labute approximate surface area is 167 Å². The summed E-state index contributed by atoms with van der Waals surface area (Å²) in [5.41, 5.74) is 3.08. The van der Waals surface area contributed by atoms with Gasteiger partial charge in [-0.05, 0) is 24.6 Å². The van der Waals surface area contributed by atoms with Crippen LogP contribution in [0.2, 0.25) is 0 Å². The molecule has 2 aliphatic rings. The summed E-state index contributed by atoms with van der Waals surface area (Å²) in [7, 11) is -3.08. The van der Waals surface area contributed by atoms with Crippen molar-refractivity contribution < 1.29 is 13.3 Å². The van der Waals surface area contributed by atoms with Crippen molar-refractivity contribution in [1.29, 1.82) is 0 Å². The maximum absolute atomic E-state index is 12.1. The number of fused-ring (bicyclic) bond motifs is 1. The highest BCUT2D eigenvalue weighted by atomic mass is 32.2. The van der Waals surface area contributed by atoms with E-state index in [2.05, 4.69) is 0 Å². The number of non-ortho nitro benzene ring substituents is 1. The molecule has 1 fully saturated rings. The summed E-state index contributed by atoms with van der Waals surface area (Å²) in [6.45, 7) is 2.01. The second-order valence-electron chi connectivity index (χ2n) is 7.04. The number of nitrogens with zero attached hydrogens (tertiary/aromatic N) is 3. The minimum atomic E-state index is -3.08. The predicted octanol–water partition coefficient (Wildman–Crippen LogP) is 3.18. The number of nitro benzene ring substituents is 1. The second kappa shape index (κ2) is 7.21. The topological polar surface area (TPSA) is 92.9 Å². The molecular weight excluding hydrogens is 398 g/mol. The molecule has 28 heavy (non-hydrogen) atoms. The number of aliphatic imine (C=N–C) groups is 1. The number of nitro groups is 1. The highest BCUT2D eigenvalue weighted by Crippen LogP contribution is 2.36. The molecule has 2 aromatic rings. The largest absolute Gasteiger partial charge is 0.315 e. The predicted molar refractivity (Wildman–Crippen MR) is 112 cm³/mol. The number of benzene rings is 2. The molecule has 9 heteroatoms. The highest BCUT2D eigenvalue weighted by Gasteiger charge is 2.47. The van der Waals surface area contributed by atoms with Crippen LogP contribution >= 0.6 is 11.8 Å². The van der Waals surface area contributed by atoms with E-state index in [-0.39, 0.29) is 29.3 Å². The van der Waals surface area contributed by atoms with E-state index in [1.54, 1.807) is 12.1 Å². The normalized spacial score (nSPS) is 22.8. The molecule has 0 saturated carbocycles. The zero-order valence-electron chi connectivity index (χ0n) is 15.2. The highest BCUT2D eigenvalue weighted by molar-refractivity contribution is 8.13. The number of thioether (sulfide) groups is 1. The molecule has 0 unspecified atom stereocenters. The average molecular weight is 418 g/mol. The van der Waals surface area contributed by atoms with E-state index in [1.165, 1.54) is 23.9 Å². The van der Waals surface area contributed by atoms with E-state index in [1.807, 2.05) is 36.1 Å². The van der Waals surface area contributed by atoms with Crippen molar-refractivity contribution in [1.82, 2.24) is 0 Å². The second-order valence-corrected chi connectivity index (χ2v) is 10.1. The van der Waals surface area contributed by atoms with Crippen molar-refractivity contribution in [2.75, 3.05) is 16.4 Å². The fourth-order valence-electron chi connectivity index (χ4n) is 3.50. The van der Waals surface area contributed by atoms with Crippen LogP contribution in [0.1, 0.15) is 11.1 Å². The minimum absolute atomic E-state index is 0.0629. The van der Waals surface area contributed by atoms with Crippen molar-refractivity contribution in [3.63, 3.8) is 0 Å². The molecule has 1 saturated heterocycles. The molecule has 2 atom stereocenters. The summed E-state index contributed by atoms with van der Waals surface area (Å²) < 4.78 is 24.2. The summed E-state index contributed by atoms with van der Waals surface area (Å²) >= 11 is 1.53. The molecule has 0 aliphatic carbocycles. The fourth-order valence-corrected chi connectivity index (χ4v) is 6.42. The number of anilines is 1. The number of sulfone groups is 1. The first-order chi connectivity index (χ1) is 13.3. The molecular formula is C19H19N3O4S2. The van der Waals surface area contributed by atoms with Crippen molar-refractivity contribution >= 4 is 38.1 Å². The first kappa shape index (κ1) is 18.9. The SMILES string of the molecule is Cc1ccc(N2C(SCc3ccc([N+](=O)[O-])cc3)=N[C@H]3CS(=O)(=O)C[C@H]32)cc1. The number of hydrogen-bond donors (Lipinski definition) is 0. The van der Waals surface area contributed by atoms with Crippen molar-refractivity contribution in [2.45, 2.75) is 24.8 Å². The minimum Gasteiger partial charge on any atom is -0.315 e. The number of hydrogen-bond acceptors (Lipinski definition) is 7. The van der Waals surface area contributed by atoms with Crippen LogP contribution in [-0.4, -0.2) is 42.1 Å². The molecule has 0 amide bonds. The number of amidine groups is 1. The van der Waals surface area contributed by atoms with Crippen molar-refractivity contribution in [2.24, 2.45) is 4.99 Å². The molecule has 0 spiro atoms.